The van der Waals surface area contributed by atoms with Crippen LogP contribution in [-0.2, 0) is 10.0 Å². The van der Waals surface area contributed by atoms with E-state index >= 15 is 0 Å². The Morgan fingerprint density at radius 1 is 1.04 bits per heavy atom. The van der Waals surface area contributed by atoms with Crippen molar-refractivity contribution < 1.29 is 17.5 Å². The number of nitrogens with one attached hydrogen (secondary N) is 1. The average Bonchev–Trinajstić information content (AvgIpc) is 2.66. The van der Waals surface area contributed by atoms with Crippen LogP contribution in [-0.4, -0.2) is 21.2 Å². The van der Waals surface area contributed by atoms with Crippen molar-refractivity contribution in [3.63, 3.8) is 0 Å². The minimum Gasteiger partial charge on any atom is -0.493 e. The first kappa shape index (κ1) is 20.9. The number of para-hydroxylation sites is 1. The van der Waals surface area contributed by atoms with Gasteiger partial charge in [0.2, 0.25) is 0 Å². The monoisotopic (exact) mass is 392 g/mol. The highest BCUT2D eigenvalue weighted by Crippen LogP contribution is 2.17. The van der Waals surface area contributed by atoms with Crippen LogP contribution < -0.4 is 9.57 Å². The predicted molar refractivity (Wildman–Crippen MR) is 105 cm³/mol. The number of rotatable bonds is 11. The van der Waals surface area contributed by atoms with E-state index in [1.54, 1.807) is 6.07 Å². The Bertz CT molecular complexity index is 837. The number of ether oxygens (including phenoxy) is 1. The summed E-state index contributed by atoms with van der Waals surface area (Å²) in [4.78, 5) is 2.07. The molecule has 0 spiro atoms. The predicted octanol–water partition coefficient (Wildman–Crippen LogP) is 4.49. The molecule has 0 aromatic heterocycles. The van der Waals surface area contributed by atoms with E-state index in [-0.39, 0.29) is 4.90 Å². The van der Waals surface area contributed by atoms with Gasteiger partial charge < -0.3 is 4.74 Å². The molecular weight excluding hydrogens is 367 g/mol. The average molecular weight is 392 g/mol. The van der Waals surface area contributed by atoms with Gasteiger partial charge in [-0.25, -0.2) is 9.22 Å². The van der Waals surface area contributed by atoms with Crippen molar-refractivity contribution >= 4 is 16.2 Å². The van der Waals surface area contributed by atoms with Gasteiger partial charge in [-0.1, -0.05) is 44.7 Å². The maximum Gasteiger partial charge on any atom is 0.276 e. The molecule has 0 unspecified atom stereocenters. The Morgan fingerprint density at radius 2 is 1.74 bits per heavy atom. The van der Waals surface area contributed by atoms with Gasteiger partial charge in [0.1, 0.15) is 11.6 Å². The lowest BCUT2D eigenvalue weighted by molar-refractivity contribution is 0.304. The van der Waals surface area contributed by atoms with Crippen molar-refractivity contribution in [2.75, 3.05) is 6.61 Å². The molecule has 0 saturated carbocycles. The number of hydrazone groups is 1. The van der Waals surface area contributed by atoms with Crippen molar-refractivity contribution in [1.82, 2.24) is 4.83 Å². The van der Waals surface area contributed by atoms with E-state index in [0.717, 1.165) is 25.0 Å². The van der Waals surface area contributed by atoms with Crippen molar-refractivity contribution in [2.24, 2.45) is 5.10 Å². The highest BCUT2D eigenvalue weighted by atomic mass is 32.2. The molecule has 0 fully saturated rings. The maximum atomic E-state index is 12.9. The van der Waals surface area contributed by atoms with Crippen molar-refractivity contribution in [2.45, 2.75) is 43.9 Å². The zero-order chi connectivity index (χ0) is 19.5. The van der Waals surface area contributed by atoms with E-state index in [9.17, 15) is 12.8 Å². The first-order valence-corrected chi connectivity index (χ1v) is 10.5. The van der Waals surface area contributed by atoms with E-state index in [1.807, 2.05) is 18.2 Å². The smallest absolute Gasteiger partial charge is 0.276 e. The standard InChI is InChI=1S/C20H25FN2O3S/c1-2-3-4-5-8-15-26-20-10-7-6-9-17(20)16-22-23-27(24,25)19-13-11-18(21)12-14-19/h6-7,9-14,16,23H,2-5,8,15H2,1H3/b22-16+. The van der Waals surface area contributed by atoms with Crippen LogP contribution in [0.25, 0.3) is 0 Å². The summed E-state index contributed by atoms with van der Waals surface area (Å²) in [6.07, 6.45) is 7.14. The lowest BCUT2D eigenvalue weighted by Crippen LogP contribution is -2.18. The second kappa shape index (κ2) is 10.7. The lowest BCUT2D eigenvalue weighted by atomic mass is 10.2. The lowest BCUT2D eigenvalue weighted by Gasteiger charge is -2.09. The molecule has 0 bridgehead atoms. The fourth-order valence-electron chi connectivity index (χ4n) is 2.44. The summed E-state index contributed by atoms with van der Waals surface area (Å²) in [5.74, 6) is 0.149. The van der Waals surface area contributed by atoms with E-state index < -0.39 is 15.8 Å². The van der Waals surface area contributed by atoms with Crippen LogP contribution >= 0.6 is 0 Å². The zero-order valence-electron chi connectivity index (χ0n) is 15.4. The number of unbranched alkanes of at least 4 members (excludes halogenated alkanes) is 4. The van der Waals surface area contributed by atoms with Crippen LogP contribution in [0, 0.1) is 5.82 Å². The van der Waals surface area contributed by atoms with E-state index in [0.29, 0.717) is 17.9 Å². The molecule has 0 amide bonds. The second-order valence-electron chi connectivity index (χ2n) is 6.11. The second-order valence-corrected chi connectivity index (χ2v) is 7.77. The summed E-state index contributed by atoms with van der Waals surface area (Å²) in [6.45, 7) is 2.78. The summed E-state index contributed by atoms with van der Waals surface area (Å²) in [5.41, 5.74) is 0.674. The first-order chi connectivity index (χ1) is 13.0. The highest BCUT2D eigenvalue weighted by molar-refractivity contribution is 7.89. The fourth-order valence-corrected chi connectivity index (χ4v) is 3.23. The molecule has 146 valence electrons. The van der Waals surface area contributed by atoms with E-state index in [1.165, 1.54) is 37.6 Å². The van der Waals surface area contributed by atoms with Gasteiger partial charge in [-0.15, -0.1) is 0 Å². The molecule has 1 N–H and O–H groups in total. The molecule has 0 heterocycles. The Morgan fingerprint density at radius 3 is 2.48 bits per heavy atom. The summed E-state index contributed by atoms with van der Waals surface area (Å²) >= 11 is 0. The fraction of sp³-hybridized carbons (Fsp3) is 0.350. The third kappa shape index (κ3) is 7.02. The molecule has 2 rings (SSSR count). The Balaban J connectivity index is 1.93. The van der Waals surface area contributed by atoms with Gasteiger partial charge in [0.25, 0.3) is 10.0 Å². The van der Waals surface area contributed by atoms with Crippen LogP contribution in [0.5, 0.6) is 5.75 Å². The largest absolute Gasteiger partial charge is 0.493 e. The van der Waals surface area contributed by atoms with Crippen molar-refractivity contribution in [3.05, 3.63) is 59.9 Å². The molecule has 0 atom stereocenters. The van der Waals surface area contributed by atoms with Gasteiger partial charge >= 0.3 is 0 Å². The maximum absolute atomic E-state index is 12.9. The van der Waals surface area contributed by atoms with Crippen molar-refractivity contribution in [3.8, 4) is 5.75 Å². The topological polar surface area (TPSA) is 67.8 Å². The molecule has 5 nitrogen and oxygen atoms in total. The van der Waals surface area contributed by atoms with Crippen LogP contribution in [0.15, 0.2) is 58.5 Å². The number of halogens is 1. The molecule has 0 radical (unpaired) electrons. The number of nitrogens with zero attached hydrogens (tertiary/aromatic N) is 1. The molecule has 7 heteroatoms. The molecule has 0 aliphatic rings. The van der Waals surface area contributed by atoms with Crippen molar-refractivity contribution in [1.29, 1.82) is 0 Å². The summed E-state index contributed by atoms with van der Waals surface area (Å²) in [7, 11) is -3.85. The van der Waals surface area contributed by atoms with E-state index in [4.69, 9.17) is 4.74 Å². The molecule has 0 aliphatic heterocycles. The third-order valence-corrected chi connectivity index (χ3v) is 5.16. The number of benzene rings is 2. The molecule has 27 heavy (non-hydrogen) atoms. The minimum atomic E-state index is -3.85. The summed E-state index contributed by atoms with van der Waals surface area (Å²) in [5, 5.41) is 3.80. The molecule has 2 aromatic carbocycles. The number of sulfonamides is 1. The third-order valence-electron chi connectivity index (χ3n) is 3.92. The number of hydrogen-bond acceptors (Lipinski definition) is 4. The van der Waals surface area contributed by atoms with E-state index in [2.05, 4.69) is 16.9 Å². The zero-order valence-corrected chi connectivity index (χ0v) is 16.2. The Labute approximate surface area is 160 Å². The molecule has 2 aromatic rings. The highest BCUT2D eigenvalue weighted by Gasteiger charge is 2.12. The van der Waals surface area contributed by atoms with Crippen LogP contribution in [0.2, 0.25) is 0 Å². The van der Waals surface area contributed by atoms with Gasteiger partial charge in [-0.2, -0.15) is 13.5 Å². The van der Waals surface area contributed by atoms with Gasteiger partial charge in [0.15, 0.2) is 0 Å². The van der Waals surface area contributed by atoms with Gasteiger partial charge in [0.05, 0.1) is 17.7 Å². The SMILES string of the molecule is CCCCCCCOc1ccccc1/C=N/NS(=O)(=O)c1ccc(F)cc1. The normalized spacial score (nSPS) is 11.6. The quantitative estimate of drug-likeness (QED) is 0.348. The van der Waals surface area contributed by atoms with Gasteiger partial charge in [-0.3, -0.25) is 0 Å². The summed E-state index contributed by atoms with van der Waals surface area (Å²) in [6, 6.07) is 11.8. The molecule has 0 aliphatic carbocycles. The van der Waals surface area contributed by atoms with Crippen LogP contribution in [0.1, 0.15) is 44.6 Å². The Kier molecular flexibility index (Phi) is 8.26. The number of hydrogen-bond donors (Lipinski definition) is 1. The van der Waals surface area contributed by atoms with Gasteiger partial charge in [-0.05, 0) is 42.8 Å². The van der Waals surface area contributed by atoms with Crippen LogP contribution in [0.4, 0.5) is 4.39 Å². The minimum absolute atomic E-state index is 0.0577. The first-order valence-electron chi connectivity index (χ1n) is 9.05. The molecule has 0 saturated heterocycles. The van der Waals surface area contributed by atoms with Crippen LogP contribution in [0.3, 0.4) is 0 Å². The Hall–Kier alpha value is -2.41. The summed E-state index contributed by atoms with van der Waals surface area (Å²) < 4.78 is 43.0. The molecular formula is C20H25FN2O3S. The van der Waals surface area contributed by atoms with Gasteiger partial charge in [0, 0.05) is 5.56 Å².